The molecule has 2 aromatic carbocycles. The molecule has 0 unspecified atom stereocenters. The van der Waals surface area contributed by atoms with Crippen LogP contribution in [0.15, 0.2) is 24.3 Å². The van der Waals surface area contributed by atoms with Crippen molar-refractivity contribution in [3.8, 4) is 23.0 Å². The molecule has 1 aliphatic heterocycles. The maximum atomic E-state index is 9.90. The monoisotopic (exact) mass is 405 g/mol. The summed E-state index contributed by atoms with van der Waals surface area (Å²) in [5.41, 5.74) is 3.04. The molecule has 1 N–H and O–H groups in total. The van der Waals surface area contributed by atoms with Gasteiger partial charge in [-0.2, -0.15) is 0 Å². The average molecular weight is 405 g/mol. The summed E-state index contributed by atoms with van der Waals surface area (Å²) in [6.07, 6.45) is 0. The van der Waals surface area contributed by atoms with Crippen molar-refractivity contribution in [2.24, 2.45) is 0 Å². The zero-order valence-electron chi connectivity index (χ0n) is 17.2. The van der Waals surface area contributed by atoms with Crippen LogP contribution >= 0.6 is 0 Å². The van der Waals surface area contributed by atoms with Crippen molar-refractivity contribution < 1.29 is 33.5 Å². The molecule has 0 spiro atoms. The molecule has 8 heteroatoms. The maximum absolute atomic E-state index is 9.90. The Morgan fingerprint density at radius 3 is 2.07 bits per heavy atom. The van der Waals surface area contributed by atoms with Crippen molar-refractivity contribution in [2.75, 3.05) is 53.3 Å². The van der Waals surface area contributed by atoms with Gasteiger partial charge in [0.2, 0.25) is 0 Å². The van der Waals surface area contributed by atoms with Crippen molar-refractivity contribution in [3.63, 3.8) is 0 Å². The third kappa shape index (κ3) is 4.25. The molecule has 0 atom stereocenters. The van der Waals surface area contributed by atoms with E-state index < -0.39 is 0 Å². The van der Waals surface area contributed by atoms with Gasteiger partial charge in [-0.15, -0.1) is 0 Å². The van der Waals surface area contributed by atoms with Crippen molar-refractivity contribution in [1.29, 1.82) is 0 Å². The summed E-state index contributed by atoms with van der Waals surface area (Å²) in [6.45, 7) is 1.11. The summed E-state index contributed by atoms with van der Waals surface area (Å²) in [5.74, 6) is 2.37. The molecule has 8 nitrogen and oxygen atoms in total. The van der Waals surface area contributed by atoms with Crippen molar-refractivity contribution in [3.05, 3.63) is 35.4 Å². The van der Waals surface area contributed by atoms with Gasteiger partial charge in [-0.3, -0.25) is 0 Å². The number of aliphatic hydroxyl groups is 1. The highest BCUT2D eigenvalue weighted by atomic mass is 16.7. The van der Waals surface area contributed by atoms with Crippen LogP contribution in [-0.2, 0) is 27.4 Å². The largest absolute Gasteiger partial charge is 0.496 e. The quantitative estimate of drug-likeness (QED) is 0.477. The van der Waals surface area contributed by atoms with Gasteiger partial charge in [0.1, 0.15) is 18.3 Å². The third-order valence-corrected chi connectivity index (χ3v) is 4.76. The Morgan fingerprint density at radius 2 is 1.48 bits per heavy atom. The van der Waals surface area contributed by atoms with Crippen LogP contribution in [-0.4, -0.2) is 53.5 Å². The van der Waals surface area contributed by atoms with Crippen LogP contribution in [0.5, 0.6) is 23.0 Å². The van der Waals surface area contributed by atoms with E-state index >= 15 is 0 Å². The summed E-state index contributed by atoms with van der Waals surface area (Å²) in [6, 6.07) is 7.53. The predicted octanol–water partition coefficient (Wildman–Crippen LogP) is 3.21. The summed E-state index contributed by atoms with van der Waals surface area (Å²) < 4.78 is 33.2. The van der Waals surface area contributed by atoms with Crippen molar-refractivity contribution in [1.82, 2.24) is 0 Å². The molecule has 158 valence electrons. The van der Waals surface area contributed by atoms with Crippen molar-refractivity contribution in [2.45, 2.75) is 13.2 Å². The van der Waals surface area contributed by atoms with Gasteiger partial charge in [0, 0.05) is 14.2 Å². The van der Waals surface area contributed by atoms with Crippen molar-refractivity contribution >= 4 is 11.4 Å². The first-order chi connectivity index (χ1) is 14.2. The fraction of sp³-hybridized carbons (Fsp3) is 0.429. The van der Waals surface area contributed by atoms with Gasteiger partial charge in [-0.05, 0) is 24.3 Å². The minimum absolute atomic E-state index is 0.123. The Balaban J connectivity index is 1.92. The minimum Gasteiger partial charge on any atom is -0.496 e. The topological polar surface area (TPSA) is 78.9 Å². The molecule has 29 heavy (non-hydrogen) atoms. The zero-order chi connectivity index (χ0) is 20.8. The molecular formula is C21H27NO7. The highest BCUT2D eigenvalue weighted by molar-refractivity contribution is 5.81. The van der Waals surface area contributed by atoms with Crippen LogP contribution in [0.4, 0.5) is 11.4 Å². The van der Waals surface area contributed by atoms with E-state index in [1.807, 2.05) is 36.2 Å². The smallest absolute Gasteiger partial charge is 0.160 e. The van der Waals surface area contributed by atoms with Crippen LogP contribution in [0, 0.1) is 0 Å². The first-order valence-electron chi connectivity index (χ1n) is 9.22. The number of methoxy groups -OCH3 is 3. The Hall–Kier alpha value is -2.52. The van der Waals surface area contributed by atoms with Crippen LogP contribution in [0.25, 0.3) is 0 Å². The van der Waals surface area contributed by atoms with E-state index in [2.05, 4.69) is 0 Å². The third-order valence-electron chi connectivity index (χ3n) is 4.76. The fourth-order valence-electron chi connectivity index (χ4n) is 3.26. The number of rotatable bonds is 10. The molecule has 2 aromatic rings. The Kier molecular flexibility index (Phi) is 7.16. The first kappa shape index (κ1) is 21.2. The summed E-state index contributed by atoms with van der Waals surface area (Å²) >= 11 is 0. The molecule has 0 saturated carbocycles. The van der Waals surface area contributed by atoms with E-state index in [1.165, 1.54) is 0 Å². The van der Waals surface area contributed by atoms with Gasteiger partial charge < -0.3 is 38.4 Å². The van der Waals surface area contributed by atoms with Crippen LogP contribution in [0.2, 0.25) is 0 Å². The van der Waals surface area contributed by atoms with Gasteiger partial charge in [-0.25, -0.2) is 0 Å². The van der Waals surface area contributed by atoms with Gasteiger partial charge in [0.15, 0.2) is 11.5 Å². The van der Waals surface area contributed by atoms with E-state index in [0.717, 1.165) is 16.9 Å². The molecular weight excluding hydrogens is 378 g/mol. The van der Waals surface area contributed by atoms with E-state index in [1.54, 1.807) is 21.3 Å². The lowest BCUT2D eigenvalue weighted by Gasteiger charge is -2.33. The van der Waals surface area contributed by atoms with Gasteiger partial charge in [0.05, 0.1) is 63.1 Å². The van der Waals surface area contributed by atoms with Gasteiger partial charge >= 0.3 is 0 Å². The molecule has 0 saturated heterocycles. The van der Waals surface area contributed by atoms with Crippen LogP contribution < -0.4 is 19.1 Å². The normalized spacial score (nSPS) is 12.2. The van der Waals surface area contributed by atoms with E-state index in [0.29, 0.717) is 41.8 Å². The summed E-state index contributed by atoms with van der Waals surface area (Å²) in [7, 11) is 6.72. The second-order valence-corrected chi connectivity index (χ2v) is 6.38. The Morgan fingerprint density at radius 1 is 0.862 bits per heavy atom. The number of fused-ring (bicyclic) bond motifs is 2. The predicted molar refractivity (Wildman–Crippen MR) is 108 cm³/mol. The SMILES string of the molecule is COCCOCOCc1c(OC)ccc2c1Oc1c(ccc(OC)c1CO)N2C. The maximum Gasteiger partial charge on any atom is 0.160 e. The Bertz CT molecular complexity index is 840. The highest BCUT2D eigenvalue weighted by Gasteiger charge is 2.29. The lowest BCUT2D eigenvalue weighted by Crippen LogP contribution is -2.18. The number of anilines is 2. The van der Waals surface area contributed by atoms with Gasteiger partial charge in [0.25, 0.3) is 0 Å². The number of hydrogen-bond donors (Lipinski definition) is 1. The summed E-state index contributed by atoms with van der Waals surface area (Å²) in [4.78, 5) is 2.00. The molecule has 0 fully saturated rings. The molecule has 1 heterocycles. The first-order valence-corrected chi connectivity index (χ1v) is 9.22. The van der Waals surface area contributed by atoms with Crippen LogP contribution in [0.1, 0.15) is 11.1 Å². The van der Waals surface area contributed by atoms with E-state index in [-0.39, 0.29) is 20.0 Å². The van der Waals surface area contributed by atoms with E-state index in [9.17, 15) is 5.11 Å². The molecule has 0 radical (unpaired) electrons. The average Bonchev–Trinajstić information content (AvgIpc) is 2.75. The number of aliphatic hydroxyl groups excluding tert-OH is 1. The Labute approximate surface area is 170 Å². The standard InChI is InChI=1S/C21H27NO7/c1-22-16-5-7-18(25-3)14(11-23)20(16)29-21-15(12-28-13-27-10-9-24-2)19(26-4)8-6-17(21)22/h5-8,23H,9-13H2,1-4H3. The number of ether oxygens (including phenoxy) is 6. The van der Waals surface area contributed by atoms with E-state index in [4.69, 9.17) is 28.4 Å². The second kappa shape index (κ2) is 9.80. The lowest BCUT2D eigenvalue weighted by molar-refractivity contribution is -0.0730. The molecule has 3 rings (SSSR count). The zero-order valence-corrected chi connectivity index (χ0v) is 17.2. The molecule has 0 aromatic heterocycles. The lowest BCUT2D eigenvalue weighted by atomic mass is 10.1. The number of benzene rings is 2. The molecule has 1 aliphatic rings. The number of nitrogens with zero attached hydrogens (tertiary/aromatic N) is 1. The highest BCUT2D eigenvalue weighted by Crippen LogP contribution is 2.52. The van der Waals surface area contributed by atoms with Crippen LogP contribution in [0.3, 0.4) is 0 Å². The summed E-state index contributed by atoms with van der Waals surface area (Å²) in [5, 5.41) is 9.90. The molecule has 0 amide bonds. The minimum atomic E-state index is -0.210. The number of hydrogen-bond acceptors (Lipinski definition) is 8. The molecule has 0 bridgehead atoms. The second-order valence-electron chi connectivity index (χ2n) is 6.38. The van der Waals surface area contributed by atoms with Gasteiger partial charge in [-0.1, -0.05) is 0 Å². The fourth-order valence-corrected chi connectivity index (χ4v) is 3.26. The molecule has 0 aliphatic carbocycles.